The zero-order valence-corrected chi connectivity index (χ0v) is 44.5. The van der Waals surface area contributed by atoms with Crippen LogP contribution in [0.5, 0.6) is 11.5 Å². The second kappa shape index (κ2) is 16.7. The molecular formula is C70H64N4O. The van der Waals surface area contributed by atoms with Gasteiger partial charge in [0.15, 0.2) is 0 Å². The molecule has 0 saturated heterocycles. The van der Waals surface area contributed by atoms with Gasteiger partial charge in [0, 0.05) is 23.0 Å². The van der Waals surface area contributed by atoms with Gasteiger partial charge in [-0.1, -0.05) is 178 Å². The van der Waals surface area contributed by atoms with Crippen LogP contribution in [0.2, 0.25) is 0 Å². The first-order chi connectivity index (χ1) is 38.0. The van der Waals surface area contributed by atoms with E-state index in [0.29, 0.717) is 17.1 Å². The molecule has 8 aromatic carbocycles. The van der Waals surface area contributed by atoms with Crippen molar-refractivity contribution in [1.82, 2.24) is 14.1 Å². The van der Waals surface area contributed by atoms with E-state index in [1.54, 1.807) is 0 Å². The highest BCUT2D eigenvalue weighted by atomic mass is 16.5. The molecule has 2 aliphatic rings. The highest BCUT2D eigenvalue weighted by Gasteiger charge is 2.39. The molecule has 13 rings (SSSR count). The molecule has 370 valence electrons. The van der Waals surface area contributed by atoms with Gasteiger partial charge in [-0.15, -0.1) is 0 Å². The van der Waals surface area contributed by atoms with Crippen LogP contribution in [0.25, 0.3) is 94.5 Å². The molecule has 0 bridgehead atoms. The average molecular weight is 982 g/mol. The minimum Gasteiger partial charge on any atom is -0.458 e. The Labute approximate surface area is 448 Å². The minimum absolute atomic E-state index is 0.0657. The van der Waals surface area contributed by atoms with Crippen molar-refractivity contribution >= 4 is 32.8 Å². The molecule has 4 heterocycles. The van der Waals surface area contributed by atoms with Crippen LogP contribution in [0.3, 0.4) is 0 Å². The third-order valence-corrected chi connectivity index (χ3v) is 16.2. The van der Waals surface area contributed by atoms with Gasteiger partial charge in [0.1, 0.15) is 17.3 Å². The lowest BCUT2D eigenvalue weighted by atomic mass is 9.62. The van der Waals surface area contributed by atoms with Crippen molar-refractivity contribution in [3.8, 4) is 73.2 Å². The van der Waals surface area contributed by atoms with Gasteiger partial charge in [0.2, 0.25) is 0 Å². The summed E-state index contributed by atoms with van der Waals surface area (Å²) in [5.41, 5.74) is 16.7. The topological polar surface area (TPSA) is 35.9 Å². The average Bonchev–Trinajstić information content (AvgIpc) is 4.03. The number of ether oxygens (including phenoxy) is 1. The Hall–Kier alpha value is -8.02. The Kier molecular flexibility index (Phi) is 9.23. The summed E-state index contributed by atoms with van der Waals surface area (Å²) in [5, 5.41) is 2.21. The highest BCUT2D eigenvalue weighted by Crippen LogP contribution is 2.53. The van der Waals surface area contributed by atoms with Crippen molar-refractivity contribution < 1.29 is 16.2 Å². The lowest BCUT2D eigenvalue weighted by Gasteiger charge is -2.42. The first-order valence-electron chi connectivity index (χ1n) is 28.8. The van der Waals surface area contributed by atoms with Crippen molar-refractivity contribution in [1.29, 1.82) is 0 Å². The second-order valence-electron chi connectivity index (χ2n) is 24.2. The third-order valence-electron chi connectivity index (χ3n) is 16.2. The fraction of sp³-hybridized carbons (Fsp3) is 0.229. The molecular weight excluding hydrogens is 913 g/mol. The minimum atomic E-state index is -0.433. The molecule has 0 spiro atoms. The van der Waals surface area contributed by atoms with Gasteiger partial charge in [-0.05, 0) is 162 Å². The Morgan fingerprint density at radius 2 is 1.21 bits per heavy atom. The molecule has 1 aliphatic heterocycles. The van der Waals surface area contributed by atoms with E-state index in [1.807, 2.05) is 53.2 Å². The van der Waals surface area contributed by atoms with Gasteiger partial charge in [0.25, 0.3) is 6.33 Å². The van der Waals surface area contributed by atoms with Crippen LogP contribution < -0.4 is 9.30 Å². The maximum Gasteiger partial charge on any atom is 0.269 e. The van der Waals surface area contributed by atoms with Crippen LogP contribution in [0, 0.1) is 6.33 Å². The number of aromatic nitrogens is 4. The Balaban J connectivity index is 1.08. The van der Waals surface area contributed by atoms with Gasteiger partial charge < -0.3 is 4.74 Å². The van der Waals surface area contributed by atoms with Gasteiger partial charge in [0.05, 0.1) is 40.3 Å². The van der Waals surface area contributed by atoms with Gasteiger partial charge >= 0.3 is 0 Å². The van der Waals surface area contributed by atoms with E-state index in [2.05, 4.69) is 188 Å². The predicted octanol–water partition coefficient (Wildman–Crippen LogP) is 17.9. The van der Waals surface area contributed by atoms with E-state index < -0.39 is 6.04 Å². The molecule has 0 amide bonds. The maximum atomic E-state index is 9.35. The fourth-order valence-electron chi connectivity index (χ4n) is 12.0. The third kappa shape index (κ3) is 7.64. The lowest BCUT2D eigenvalue weighted by Crippen LogP contribution is -2.35. The summed E-state index contributed by atoms with van der Waals surface area (Å²) in [6, 6.07) is 49.4. The zero-order chi connectivity index (χ0) is 56.1. The standard InChI is InChI=1S/C70H64N4O/c1-67(2,3)46-32-35-71-64(38-46)74-61-29-17-16-26-52(61)53-31-30-49(40-62(53)74)75-48-23-18-22-47(39-48)72-43-73-65-54(27-19-28-58(65)68(4,5)6)56-42-60-59(69(7,8)33-34-70(60,9)10)41-55(56)50-24-14-15-25-51(50)57-36-45(37-63(72)66(57)73)44-20-12-11-13-21-44/h11-32,35-42H,33-34H2,1-10H3/i11D,12D,13D,20D,21D. The number of imidazole rings is 1. The molecule has 0 saturated carbocycles. The predicted molar refractivity (Wildman–Crippen MR) is 310 cm³/mol. The smallest absolute Gasteiger partial charge is 0.269 e. The summed E-state index contributed by atoms with van der Waals surface area (Å²) in [6.45, 7) is 22.9. The number of hydrogen-bond donors (Lipinski definition) is 0. The van der Waals surface area contributed by atoms with Crippen molar-refractivity contribution in [2.45, 2.75) is 104 Å². The Morgan fingerprint density at radius 3 is 1.95 bits per heavy atom. The quantitative estimate of drug-likeness (QED) is 0.127. The molecule has 5 nitrogen and oxygen atoms in total. The number of para-hydroxylation sites is 2. The molecule has 0 fully saturated rings. The Bertz CT molecular complexity index is 4400. The van der Waals surface area contributed by atoms with Crippen molar-refractivity contribution in [2.24, 2.45) is 0 Å². The zero-order valence-electron chi connectivity index (χ0n) is 49.5. The number of benzene rings is 8. The molecule has 0 N–H and O–H groups in total. The van der Waals surface area contributed by atoms with Gasteiger partial charge in [-0.3, -0.25) is 13.7 Å². The van der Waals surface area contributed by atoms with E-state index in [1.165, 1.54) is 16.7 Å². The number of fused-ring (bicyclic) bond motifs is 11. The maximum absolute atomic E-state index is 9.35. The number of nitrogens with zero attached hydrogens (tertiary/aromatic N) is 4. The SMILES string of the molecule is [2H]c1c([2H])c([2H])c(-c2cc3c4c(c2)n(-c2cccc(Oc5ccc6c7ccccc7n(-c7cc(C(C)(C)C)ccn7)c6c5)c2)[c-][n+]4-c2c(cccc2C(C)(C)C)-c2cc4c(cc2-c2ccccc2-3)C(C)(C)CCC4(C)C)c([2H])c1[2H]. The molecule has 1 aliphatic carbocycles. The number of pyridine rings is 1. The monoisotopic (exact) mass is 982 g/mol. The largest absolute Gasteiger partial charge is 0.458 e. The first kappa shape index (κ1) is 41.3. The van der Waals surface area contributed by atoms with E-state index in [4.69, 9.17) is 13.8 Å². The normalized spacial score (nSPS) is 15.6. The van der Waals surface area contributed by atoms with E-state index in [9.17, 15) is 2.74 Å². The van der Waals surface area contributed by atoms with E-state index in [-0.39, 0.29) is 51.4 Å². The first-order valence-corrected chi connectivity index (χ1v) is 26.3. The Morgan fingerprint density at radius 1 is 0.560 bits per heavy atom. The number of hydrogen-bond acceptors (Lipinski definition) is 2. The van der Waals surface area contributed by atoms with Crippen LogP contribution in [0.1, 0.15) is 111 Å². The van der Waals surface area contributed by atoms with Crippen molar-refractivity contribution in [2.75, 3.05) is 0 Å². The molecule has 0 atom stereocenters. The summed E-state index contributed by atoms with van der Waals surface area (Å²) in [6.07, 6.45) is 7.97. The lowest BCUT2D eigenvalue weighted by molar-refractivity contribution is -0.572. The van der Waals surface area contributed by atoms with Gasteiger partial charge in [-0.2, -0.15) is 0 Å². The molecule has 0 radical (unpaired) electrons. The summed E-state index contributed by atoms with van der Waals surface area (Å²) in [4.78, 5) is 4.91. The van der Waals surface area contributed by atoms with Crippen molar-refractivity contribution in [3.63, 3.8) is 0 Å². The summed E-state index contributed by atoms with van der Waals surface area (Å²) in [5.74, 6) is 2.10. The number of rotatable bonds is 5. The van der Waals surface area contributed by atoms with Crippen LogP contribution in [-0.4, -0.2) is 14.1 Å². The molecule has 11 aromatic rings. The fourth-order valence-corrected chi connectivity index (χ4v) is 12.0. The summed E-state index contributed by atoms with van der Waals surface area (Å²) in [7, 11) is 0. The molecule has 5 heteroatoms. The van der Waals surface area contributed by atoms with Crippen LogP contribution in [0.15, 0.2) is 182 Å². The summed E-state index contributed by atoms with van der Waals surface area (Å²) < 4.78 is 58.4. The highest BCUT2D eigenvalue weighted by molar-refractivity contribution is 6.09. The van der Waals surface area contributed by atoms with Crippen LogP contribution >= 0.6 is 0 Å². The van der Waals surface area contributed by atoms with Crippen LogP contribution in [0.4, 0.5) is 0 Å². The van der Waals surface area contributed by atoms with Crippen molar-refractivity contribution in [3.05, 3.63) is 211 Å². The van der Waals surface area contributed by atoms with Crippen LogP contribution in [-0.2, 0) is 21.7 Å². The summed E-state index contributed by atoms with van der Waals surface area (Å²) >= 11 is 0. The van der Waals surface area contributed by atoms with E-state index >= 15 is 0 Å². The molecule has 0 unspecified atom stereocenters. The second-order valence-corrected chi connectivity index (χ2v) is 24.2. The van der Waals surface area contributed by atoms with E-state index in [0.717, 1.165) is 102 Å². The molecule has 3 aromatic heterocycles. The van der Waals surface area contributed by atoms with Gasteiger partial charge in [-0.25, -0.2) is 4.98 Å². The molecule has 75 heavy (non-hydrogen) atoms.